The third-order valence-corrected chi connectivity index (χ3v) is 6.18. The fourth-order valence-electron chi connectivity index (χ4n) is 3.42. The van der Waals surface area contributed by atoms with Gasteiger partial charge < -0.3 is 14.8 Å². The largest absolute Gasteiger partial charge is 0.497 e. The zero-order chi connectivity index (χ0) is 21.7. The highest BCUT2D eigenvalue weighted by molar-refractivity contribution is 7.90. The summed E-state index contributed by atoms with van der Waals surface area (Å²) in [5, 5.41) is 14.7. The normalized spacial score (nSPS) is 16.1. The lowest BCUT2D eigenvalue weighted by Crippen LogP contribution is -2.41. The van der Waals surface area contributed by atoms with Crippen LogP contribution in [-0.2, 0) is 14.6 Å². The molecule has 30 heavy (non-hydrogen) atoms. The first kappa shape index (κ1) is 22.0. The molecular formula is C20H25N3O6S. The van der Waals surface area contributed by atoms with Gasteiger partial charge in [0, 0.05) is 32.0 Å². The smallest absolute Gasteiger partial charge is 0.293 e. The topological polar surface area (TPSA) is 111 Å². The van der Waals surface area contributed by atoms with Gasteiger partial charge in [-0.25, -0.2) is 8.42 Å². The number of morpholine rings is 1. The second kappa shape index (κ2) is 9.41. The number of ether oxygens (including phenoxy) is 2. The van der Waals surface area contributed by atoms with E-state index in [1.165, 1.54) is 12.1 Å². The maximum atomic E-state index is 11.8. The fraction of sp³-hybridized carbons (Fsp3) is 0.400. The van der Waals surface area contributed by atoms with Crippen LogP contribution in [0.15, 0.2) is 47.4 Å². The molecule has 1 aliphatic rings. The van der Waals surface area contributed by atoms with Crippen LogP contribution in [0.25, 0.3) is 0 Å². The third-order valence-electron chi connectivity index (χ3n) is 5.07. The fourth-order valence-corrected chi connectivity index (χ4v) is 4.06. The van der Waals surface area contributed by atoms with Gasteiger partial charge in [0.05, 0.1) is 36.2 Å². The Morgan fingerprint density at radius 1 is 1.20 bits per heavy atom. The van der Waals surface area contributed by atoms with E-state index in [4.69, 9.17) is 9.47 Å². The molecule has 1 atom stereocenters. The monoisotopic (exact) mass is 435 g/mol. The predicted molar refractivity (Wildman–Crippen MR) is 113 cm³/mol. The number of hydrogen-bond donors (Lipinski definition) is 1. The molecule has 0 radical (unpaired) electrons. The van der Waals surface area contributed by atoms with E-state index < -0.39 is 14.8 Å². The van der Waals surface area contributed by atoms with Crippen molar-refractivity contribution >= 4 is 21.2 Å². The second-order valence-corrected chi connectivity index (χ2v) is 9.04. The van der Waals surface area contributed by atoms with Crippen molar-refractivity contribution < 1.29 is 22.8 Å². The maximum Gasteiger partial charge on any atom is 0.293 e. The zero-order valence-corrected chi connectivity index (χ0v) is 17.7. The Balaban J connectivity index is 1.86. The van der Waals surface area contributed by atoms with Gasteiger partial charge in [-0.3, -0.25) is 15.0 Å². The van der Waals surface area contributed by atoms with Crippen LogP contribution < -0.4 is 10.1 Å². The molecule has 0 bridgehead atoms. The lowest BCUT2D eigenvalue weighted by atomic mass is 10.0. The number of methoxy groups -OCH3 is 1. The van der Waals surface area contributed by atoms with Gasteiger partial charge in [0.2, 0.25) is 0 Å². The number of nitro groups is 1. The molecule has 2 aromatic carbocycles. The molecule has 1 aliphatic heterocycles. The summed E-state index contributed by atoms with van der Waals surface area (Å²) in [5.74, 6) is 0.749. The van der Waals surface area contributed by atoms with E-state index in [1.807, 2.05) is 24.3 Å². The number of anilines is 1. The Morgan fingerprint density at radius 3 is 2.43 bits per heavy atom. The molecule has 162 valence electrons. The Kier molecular flexibility index (Phi) is 6.91. The molecule has 1 saturated heterocycles. The van der Waals surface area contributed by atoms with Crippen LogP contribution in [0.2, 0.25) is 0 Å². The molecular weight excluding hydrogens is 410 g/mol. The minimum Gasteiger partial charge on any atom is -0.497 e. The standard InChI is InChI=1S/C20H25N3O6S/c1-28-16-5-3-15(4-6-16)20(22-9-11-29-12-10-22)14-21-18-8-7-17(30(2,26)27)13-19(18)23(24)25/h3-8,13,20-21H,9-12,14H2,1-2H3/t20-/m1/s1. The molecule has 0 amide bonds. The van der Waals surface area contributed by atoms with Crippen molar-refractivity contribution in [2.75, 3.05) is 51.5 Å². The summed E-state index contributed by atoms with van der Waals surface area (Å²) in [6.07, 6.45) is 1.03. The zero-order valence-electron chi connectivity index (χ0n) is 16.9. The molecule has 0 spiro atoms. The van der Waals surface area contributed by atoms with Gasteiger partial charge in [-0.15, -0.1) is 0 Å². The summed E-state index contributed by atoms with van der Waals surface area (Å²) in [7, 11) is -1.93. The number of nitrogens with one attached hydrogen (secondary N) is 1. The molecule has 9 nitrogen and oxygen atoms in total. The van der Waals surface area contributed by atoms with Crippen LogP contribution in [-0.4, -0.2) is 64.5 Å². The maximum absolute atomic E-state index is 11.8. The minimum absolute atomic E-state index is 0.0472. The van der Waals surface area contributed by atoms with Crippen LogP contribution in [0.3, 0.4) is 0 Å². The molecule has 0 unspecified atom stereocenters. The predicted octanol–water partition coefficient (Wildman–Crippen LogP) is 2.49. The minimum atomic E-state index is -3.54. The van der Waals surface area contributed by atoms with Gasteiger partial charge in [-0.1, -0.05) is 12.1 Å². The van der Waals surface area contributed by atoms with Crippen molar-refractivity contribution in [2.24, 2.45) is 0 Å². The van der Waals surface area contributed by atoms with E-state index in [2.05, 4.69) is 10.2 Å². The Morgan fingerprint density at radius 2 is 1.87 bits per heavy atom. The van der Waals surface area contributed by atoms with E-state index in [0.29, 0.717) is 19.8 Å². The van der Waals surface area contributed by atoms with Crippen LogP contribution in [0, 0.1) is 10.1 Å². The molecule has 3 rings (SSSR count). The summed E-state index contributed by atoms with van der Waals surface area (Å²) >= 11 is 0. The number of hydrogen-bond acceptors (Lipinski definition) is 8. The number of rotatable bonds is 8. The first-order chi connectivity index (χ1) is 14.3. The summed E-state index contributed by atoms with van der Waals surface area (Å²) in [6, 6.07) is 11.6. The average molecular weight is 436 g/mol. The van der Waals surface area contributed by atoms with Gasteiger partial charge >= 0.3 is 0 Å². The first-order valence-corrected chi connectivity index (χ1v) is 11.4. The molecule has 10 heteroatoms. The van der Waals surface area contributed by atoms with Crippen LogP contribution in [0.1, 0.15) is 11.6 Å². The van der Waals surface area contributed by atoms with Gasteiger partial charge in [0.15, 0.2) is 9.84 Å². The van der Waals surface area contributed by atoms with Gasteiger partial charge in [-0.2, -0.15) is 0 Å². The summed E-state index contributed by atoms with van der Waals surface area (Å²) < 4.78 is 34.2. The molecule has 1 fully saturated rings. The van der Waals surface area contributed by atoms with Gasteiger partial charge in [-0.05, 0) is 29.8 Å². The number of benzene rings is 2. The number of sulfone groups is 1. The van der Waals surface area contributed by atoms with E-state index in [0.717, 1.165) is 36.7 Å². The van der Waals surface area contributed by atoms with Gasteiger partial charge in [0.25, 0.3) is 5.69 Å². The summed E-state index contributed by atoms with van der Waals surface area (Å²) in [6.45, 7) is 3.14. The van der Waals surface area contributed by atoms with E-state index in [9.17, 15) is 18.5 Å². The van der Waals surface area contributed by atoms with Crippen molar-refractivity contribution in [3.63, 3.8) is 0 Å². The quantitative estimate of drug-likeness (QED) is 0.497. The molecule has 1 heterocycles. The van der Waals surface area contributed by atoms with E-state index in [1.54, 1.807) is 7.11 Å². The van der Waals surface area contributed by atoms with Crippen molar-refractivity contribution in [2.45, 2.75) is 10.9 Å². The van der Waals surface area contributed by atoms with Crippen molar-refractivity contribution in [1.29, 1.82) is 0 Å². The SMILES string of the molecule is COc1ccc([C@@H](CNc2ccc(S(C)(=O)=O)cc2[N+](=O)[O-])N2CCOCC2)cc1. The molecule has 0 saturated carbocycles. The molecule has 1 N–H and O–H groups in total. The Hall–Kier alpha value is -2.69. The first-order valence-electron chi connectivity index (χ1n) is 9.47. The number of nitrogens with zero attached hydrogens (tertiary/aromatic N) is 2. The van der Waals surface area contributed by atoms with E-state index >= 15 is 0 Å². The summed E-state index contributed by atoms with van der Waals surface area (Å²) in [4.78, 5) is 13.1. The average Bonchev–Trinajstić information content (AvgIpc) is 2.74. The third kappa shape index (κ3) is 5.26. The lowest BCUT2D eigenvalue weighted by Gasteiger charge is -2.35. The van der Waals surface area contributed by atoms with Crippen molar-refractivity contribution in [3.05, 3.63) is 58.1 Å². The molecule has 2 aromatic rings. The van der Waals surface area contributed by atoms with Crippen LogP contribution >= 0.6 is 0 Å². The highest BCUT2D eigenvalue weighted by atomic mass is 32.2. The van der Waals surface area contributed by atoms with Crippen LogP contribution in [0.5, 0.6) is 5.75 Å². The van der Waals surface area contributed by atoms with Crippen molar-refractivity contribution in [1.82, 2.24) is 4.90 Å². The number of nitro benzene ring substituents is 1. The highest BCUT2D eigenvalue weighted by Gasteiger charge is 2.25. The molecule has 0 aromatic heterocycles. The molecule has 0 aliphatic carbocycles. The lowest BCUT2D eigenvalue weighted by molar-refractivity contribution is -0.384. The van der Waals surface area contributed by atoms with Gasteiger partial charge in [0.1, 0.15) is 11.4 Å². The van der Waals surface area contributed by atoms with Crippen molar-refractivity contribution in [3.8, 4) is 5.75 Å². The highest BCUT2D eigenvalue weighted by Crippen LogP contribution is 2.30. The summed E-state index contributed by atoms with van der Waals surface area (Å²) in [5.41, 5.74) is 1.05. The Bertz CT molecular complexity index is 988. The second-order valence-electron chi connectivity index (χ2n) is 7.03. The van der Waals surface area contributed by atoms with E-state index in [-0.39, 0.29) is 22.3 Å². The Labute approximate surface area is 175 Å². The van der Waals surface area contributed by atoms with Crippen LogP contribution in [0.4, 0.5) is 11.4 Å².